The van der Waals surface area contributed by atoms with Crippen LogP contribution in [0.4, 0.5) is 5.69 Å². The number of nitrogens with one attached hydrogen (secondary N) is 1. The summed E-state index contributed by atoms with van der Waals surface area (Å²) in [4.78, 5) is 11.8. The molecule has 2 aromatic carbocycles. The first-order chi connectivity index (χ1) is 9.61. The molecule has 20 heavy (non-hydrogen) atoms. The van der Waals surface area contributed by atoms with Gasteiger partial charge < -0.3 is 15.8 Å². The second-order valence-electron chi connectivity index (χ2n) is 4.59. The molecule has 0 aliphatic carbocycles. The number of benzene rings is 2. The number of hydrogen-bond acceptors (Lipinski definition) is 3. The number of rotatable bonds is 5. The van der Waals surface area contributed by atoms with Crippen LogP contribution < -0.4 is 15.8 Å². The number of anilines is 1. The summed E-state index contributed by atoms with van der Waals surface area (Å²) in [5.74, 6) is 0.187. The van der Waals surface area contributed by atoms with Gasteiger partial charge >= 0.3 is 0 Å². The van der Waals surface area contributed by atoms with Gasteiger partial charge in [-0.2, -0.15) is 0 Å². The molecule has 0 aliphatic rings. The highest BCUT2D eigenvalue weighted by atomic mass is 16.5. The number of amides is 1. The Morgan fingerprint density at radius 2 is 1.95 bits per heavy atom. The van der Waals surface area contributed by atoms with Gasteiger partial charge in [-0.05, 0) is 30.7 Å². The van der Waals surface area contributed by atoms with Crippen molar-refractivity contribution in [2.75, 3.05) is 12.4 Å². The Morgan fingerprint density at radius 1 is 1.20 bits per heavy atom. The van der Waals surface area contributed by atoms with E-state index in [0.717, 1.165) is 16.8 Å². The number of carbonyl (C=O) groups excluding carboxylic acids is 1. The summed E-state index contributed by atoms with van der Waals surface area (Å²) in [7, 11) is 1.57. The van der Waals surface area contributed by atoms with Crippen molar-refractivity contribution in [3.63, 3.8) is 0 Å². The predicted molar refractivity (Wildman–Crippen MR) is 79.7 cm³/mol. The lowest BCUT2D eigenvalue weighted by Gasteiger charge is -2.19. The van der Waals surface area contributed by atoms with Gasteiger partial charge in [0.1, 0.15) is 11.8 Å². The number of methoxy groups -OCH3 is 1. The molecule has 0 saturated heterocycles. The predicted octanol–water partition coefficient (Wildman–Crippen LogP) is 2.64. The van der Waals surface area contributed by atoms with Crippen molar-refractivity contribution in [3.05, 3.63) is 59.7 Å². The van der Waals surface area contributed by atoms with E-state index in [4.69, 9.17) is 10.5 Å². The van der Waals surface area contributed by atoms with Crippen LogP contribution in [-0.4, -0.2) is 13.0 Å². The summed E-state index contributed by atoms with van der Waals surface area (Å²) in [5, 5.41) is 3.16. The summed E-state index contributed by atoms with van der Waals surface area (Å²) in [6.45, 7) is 1.99. The van der Waals surface area contributed by atoms with E-state index in [-0.39, 0.29) is 0 Å². The van der Waals surface area contributed by atoms with E-state index < -0.39 is 11.9 Å². The molecule has 2 aromatic rings. The number of para-hydroxylation sites is 1. The average molecular weight is 270 g/mol. The zero-order valence-corrected chi connectivity index (χ0v) is 11.6. The first-order valence-electron chi connectivity index (χ1n) is 6.37. The minimum atomic E-state index is -0.632. The maximum Gasteiger partial charge on any atom is 0.244 e. The highest BCUT2D eigenvalue weighted by molar-refractivity contribution is 5.85. The maximum atomic E-state index is 11.8. The molecule has 0 aromatic heterocycles. The molecule has 0 spiro atoms. The first kappa shape index (κ1) is 13.9. The maximum absolute atomic E-state index is 11.8. The van der Waals surface area contributed by atoms with Crippen molar-refractivity contribution in [1.82, 2.24) is 0 Å². The second-order valence-corrected chi connectivity index (χ2v) is 4.59. The zero-order valence-electron chi connectivity index (χ0n) is 11.6. The Labute approximate surface area is 118 Å². The molecule has 0 aliphatic heterocycles. The van der Waals surface area contributed by atoms with Crippen molar-refractivity contribution >= 4 is 11.6 Å². The molecule has 0 fully saturated rings. The third kappa shape index (κ3) is 3.09. The quantitative estimate of drug-likeness (QED) is 0.877. The van der Waals surface area contributed by atoms with E-state index in [1.54, 1.807) is 7.11 Å². The van der Waals surface area contributed by atoms with Crippen molar-refractivity contribution < 1.29 is 9.53 Å². The standard InChI is InChI=1S/C16H18N2O2/c1-11-6-5-7-12(10-11)18-15(16(17)19)13-8-3-4-9-14(13)20-2/h3-10,15,18H,1-2H3,(H2,17,19). The van der Waals surface area contributed by atoms with Crippen LogP contribution in [0.2, 0.25) is 0 Å². The zero-order chi connectivity index (χ0) is 14.5. The molecule has 4 heteroatoms. The Morgan fingerprint density at radius 3 is 2.60 bits per heavy atom. The third-order valence-electron chi connectivity index (χ3n) is 3.06. The fraction of sp³-hybridized carbons (Fsp3) is 0.188. The molecular weight excluding hydrogens is 252 g/mol. The summed E-state index contributed by atoms with van der Waals surface area (Å²) < 4.78 is 5.29. The molecule has 2 rings (SSSR count). The minimum absolute atomic E-state index is 0.448. The number of aryl methyl sites for hydroxylation is 1. The van der Waals surface area contributed by atoms with Crippen LogP contribution in [0.25, 0.3) is 0 Å². The summed E-state index contributed by atoms with van der Waals surface area (Å²) in [6, 6.07) is 14.5. The van der Waals surface area contributed by atoms with Crippen molar-refractivity contribution in [2.24, 2.45) is 5.73 Å². The van der Waals surface area contributed by atoms with Gasteiger partial charge in [-0.25, -0.2) is 0 Å². The largest absolute Gasteiger partial charge is 0.496 e. The fourth-order valence-corrected chi connectivity index (χ4v) is 2.11. The second kappa shape index (κ2) is 6.10. The SMILES string of the molecule is COc1ccccc1C(Nc1cccc(C)c1)C(N)=O. The number of hydrogen-bond donors (Lipinski definition) is 2. The third-order valence-corrected chi connectivity index (χ3v) is 3.06. The molecule has 0 saturated carbocycles. The lowest BCUT2D eigenvalue weighted by atomic mass is 10.0. The Kier molecular flexibility index (Phi) is 4.25. The molecule has 0 radical (unpaired) electrons. The lowest BCUT2D eigenvalue weighted by Crippen LogP contribution is -2.28. The van der Waals surface area contributed by atoms with Gasteiger partial charge in [0, 0.05) is 11.3 Å². The Hall–Kier alpha value is -2.49. The molecule has 0 heterocycles. The van der Waals surface area contributed by atoms with E-state index in [9.17, 15) is 4.79 Å². The number of nitrogens with two attached hydrogens (primary N) is 1. The van der Waals surface area contributed by atoms with E-state index >= 15 is 0 Å². The molecule has 1 unspecified atom stereocenters. The van der Waals surface area contributed by atoms with Gasteiger partial charge in [0.05, 0.1) is 7.11 Å². The number of carbonyl (C=O) groups is 1. The summed E-state index contributed by atoms with van der Waals surface area (Å²) >= 11 is 0. The van der Waals surface area contributed by atoms with Gasteiger partial charge in [0.25, 0.3) is 0 Å². The van der Waals surface area contributed by atoms with Crippen LogP contribution in [0.5, 0.6) is 5.75 Å². The average Bonchev–Trinajstić information content (AvgIpc) is 2.44. The Bertz CT molecular complexity index is 611. The lowest BCUT2D eigenvalue weighted by molar-refractivity contribution is -0.118. The molecule has 1 atom stereocenters. The van der Waals surface area contributed by atoms with Gasteiger partial charge in [-0.1, -0.05) is 30.3 Å². The number of primary amides is 1. The molecule has 4 nitrogen and oxygen atoms in total. The molecule has 3 N–H and O–H groups in total. The van der Waals surface area contributed by atoms with Crippen molar-refractivity contribution in [1.29, 1.82) is 0 Å². The minimum Gasteiger partial charge on any atom is -0.496 e. The summed E-state index contributed by atoms with van der Waals surface area (Å²) in [6.07, 6.45) is 0. The van der Waals surface area contributed by atoms with Crippen LogP contribution in [0.1, 0.15) is 17.2 Å². The smallest absolute Gasteiger partial charge is 0.244 e. The molecule has 0 bridgehead atoms. The van der Waals surface area contributed by atoms with Gasteiger partial charge in [0.2, 0.25) is 5.91 Å². The van der Waals surface area contributed by atoms with E-state index in [2.05, 4.69) is 5.32 Å². The highest BCUT2D eigenvalue weighted by Gasteiger charge is 2.21. The first-order valence-corrected chi connectivity index (χ1v) is 6.37. The van der Waals surface area contributed by atoms with E-state index in [1.807, 2.05) is 55.5 Å². The van der Waals surface area contributed by atoms with Crippen LogP contribution in [0, 0.1) is 6.92 Å². The van der Waals surface area contributed by atoms with Gasteiger partial charge in [-0.3, -0.25) is 4.79 Å². The van der Waals surface area contributed by atoms with E-state index in [1.165, 1.54) is 0 Å². The Balaban J connectivity index is 2.34. The van der Waals surface area contributed by atoms with Crippen molar-refractivity contribution in [3.8, 4) is 5.75 Å². The van der Waals surface area contributed by atoms with Gasteiger partial charge in [0.15, 0.2) is 0 Å². The van der Waals surface area contributed by atoms with Crippen LogP contribution in [0.15, 0.2) is 48.5 Å². The van der Waals surface area contributed by atoms with Gasteiger partial charge in [-0.15, -0.1) is 0 Å². The van der Waals surface area contributed by atoms with E-state index in [0.29, 0.717) is 5.75 Å². The number of ether oxygens (including phenoxy) is 1. The van der Waals surface area contributed by atoms with Crippen LogP contribution >= 0.6 is 0 Å². The molecule has 104 valence electrons. The summed E-state index contributed by atoms with van der Waals surface area (Å²) in [5.41, 5.74) is 8.20. The highest BCUT2D eigenvalue weighted by Crippen LogP contribution is 2.27. The van der Waals surface area contributed by atoms with Crippen molar-refractivity contribution in [2.45, 2.75) is 13.0 Å². The fourth-order valence-electron chi connectivity index (χ4n) is 2.11. The van der Waals surface area contributed by atoms with Crippen LogP contribution in [0.3, 0.4) is 0 Å². The monoisotopic (exact) mass is 270 g/mol. The topological polar surface area (TPSA) is 64.3 Å². The molecular formula is C16H18N2O2. The van der Waals surface area contributed by atoms with Crippen LogP contribution in [-0.2, 0) is 4.79 Å². The normalized spacial score (nSPS) is 11.7. The molecule has 1 amide bonds.